The molecule has 0 spiro atoms. The second kappa shape index (κ2) is 4.15. The van der Waals surface area contributed by atoms with E-state index in [2.05, 4.69) is 5.43 Å². The summed E-state index contributed by atoms with van der Waals surface area (Å²) in [7, 11) is 1.61. The first-order chi connectivity index (χ1) is 6.15. The molecule has 0 unspecified atom stereocenters. The number of nitrogens with two attached hydrogens (primary N) is 1. The minimum Gasteiger partial charge on any atom is -0.358 e. The lowest BCUT2D eigenvalue weighted by Crippen LogP contribution is -2.35. The van der Waals surface area contributed by atoms with Crippen LogP contribution in [-0.4, -0.2) is 13.7 Å². The summed E-state index contributed by atoms with van der Waals surface area (Å²) in [5.41, 5.74) is 2.53. The third kappa shape index (κ3) is 2.37. The molecule has 13 heavy (non-hydrogen) atoms. The van der Waals surface area contributed by atoms with Crippen molar-refractivity contribution in [1.29, 1.82) is 0 Å². The normalized spacial score (nSPS) is 10.2. The van der Waals surface area contributed by atoms with Crippen molar-refractivity contribution < 1.29 is 8.78 Å². The molecule has 1 rings (SSSR count). The van der Waals surface area contributed by atoms with Crippen LogP contribution in [0.1, 0.15) is 0 Å². The third-order valence-electron chi connectivity index (χ3n) is 1.65. The number of nitrogens with one attached hydrogen (secondary N) is 1. The average Bonchev–Trinajstić information content (AvgIpc) is 2.09. The second-order valence-electron chi connectivity index (χ2n) is 2.66. The molecule has 0 saturated carbocycles. The SMILES string of the molecule is CN(CNN)c1cc(F)ccc1F. The number of anilines is 1. The summed E-state index contributed by atoms with van der Waals surface area (Å²) in [5.74, 6) is 4.10. The molecule has 0 amide bonds. The van der Waals surface area contributed by atoms with Gasteiger partial charge in [0.25, 0.3) is 0 Å². The van der Waals surface area contributed by atoms with Gasteiger partial charge in [0.1, 0.15) is 11.6 Å². The van der Waals surface area contributed by atoms with E-state index < -0.39 is 11.6 Å². The van der Waals surface area contributed by atoms with Gasteiger partial charge in [-0.3, -0.25) is 5.84 Å². The number of hydrazine groups is 1. The molecule has 0 aliphatic rings. The third-order valence-corrected chi connectivity index (χ3v) is 1.65. The highest BCUT2D eigenvalue weighted by atomic mass is 19.1. The lowest BCUT2D eigenvalue weighted by molar-refractivity contribution is 0.592. The van der Waals surface area contributed by atoms with Gasteiger partial charge in [-0.05, 0) is 12.1 Å². The quantitative estimate of drug-likeness (QED) is 0.418. The first-order valence-corrected chi connectivity index (χ1v) is 3.75. The largest absolute Gasteiger partial charge is 0.358 e. The van der Waals surface area contributed by atoms with Crippen LogP contribution in [0.25, 0.3) is 0 Å². The number of halogens is 2. The van der Waals surface area contributed by atoms with E-state index in [1.165, 1.54) is 4.90 Å². The molecular weight excluding hydrogens is 176 g/mol. The van der Waals surface area contributed by atoms with Crippen LogP contribution < -0.4 is 16.2 Å². The summed E-state index contributed by atoms with van der Waals surface area (Å²) >= 11 is 0. The van der Waals surface area contributed by atoms with Crippen LogP contribution in [0.5, 0.6) is 0 Å². The first-order valence-electron chi connectivity index (χ1n) is 3.75. The van der Waals surface area contributed by atoms with E-state index in [-0.39, 0.29) is 12.4 Å². The summed E-state index contributed by atoms with van der Waals surface area (Å²) < 4.78 is 25.8. The van der Waals surface area contributed by atoms with Crippen molar-refractivity contribution in [1.82, 2.24) is 5.43 Å². The standard InChI is InChI=1S/C8H11F2N3/c1-13(5-12-11)8-4-6(9)2-3-7(8)10/h2-4,12H,5,11H2,1H3. The van der Waals surface area contributed by atoms with Gasteiger partial charge in [-0.25, -0.2) is 14.2 Å². The highest BCUT2D eigenvalue weighted by Crippen LogP contribution is 2.18. The summed E-state index contributed by atoms with van der Waals surface area (Å²) in [6, 6.07) is 3.27. The van der Waals surface area contributed by atoms with Gasteiger partial charge in [-0.15, -0.1) is 0 Å². The fraction of sp³-hybridized carbons (Fsp3) is 0.250. The van der Waals surface area contributed by atoms with Crippen LogP contribution in [-0.2, 0) is 0 Å². The molecular formula is C8H11F2N3. The van der Waals surface area contributed by atoms with Gasteiger partial charge in [-0.1, -0.05) is 0 Å². The minimum atomic E-state index is -0.473. The maximum Gasteiger partial charge on any atom is 0.146 e. The molecule has 0 fully saturated rings. The zero-order valence-electron chi connectivity index (χ0n) is 7.22. The molecule has 3 N–H and O–H groups in total. The smallest absolute Gasteiger partial charge is 0.146 e. The van der Waals surface area contributed by atoms with Gasteiger partial charge in [0.2, 0.25) is 0 Å². The molecule has 1 aromatic carbocycles. The Morgan fingerprint density at radius 1 is 1.46 bits per heavy atom. The molecule has 0 bridgehead atoms. The van der Waals surface area contributed by atoms with E-state index in [1.807, 2.05) is 0 Å². The zero-order valence-corrected chi connectivity index (χ0v) is 7.22. The molecule has 72 valence electrons. The average molecular weight is 187 g/mol. The van der Waals surface area contributed by atoms with Gasteiger partial charge in [0.05, 0.1) is 12.4 Å². The summed E-state index contributed by atoms with van der Waals surface area (Å²) in [5, 5.41) is 0. The van der Waals surface area contributed by atoms with Gasteiger partial charge < -0.3 is 4.90 Å². The Bertz CT molecular complexity index is 291. The monoisotopic (exact) mass is 187 g/mol. The molecule has 0 saturated heterocycles. The van der Waals surface area contributed by atoms with Crippen molar-refractivity contribution in [3.8, 4) is 0 Å². The van der Waals surface area contributed by atoms with Crippen LogP contribution in [0, 0.1) is 11.6 Å². The van der Waals surface area contributed by atoms with Crippen LogP contribution >= 0.6 is 0 Å². The maximum absolute atomic E-state index is 13.1. The predicted molar refractivity (Wildman–Crippen MR) is 47.0 cm³/mol. The van der Waals surface area contributed by atoms with Crippen molar-refractivity contribution >= 4 is 5.69 Å². The molecule has 0 atom stereocenters. The first kappa shape index (κ1) is 9.88. The van der Waals surface area contributed by atoms with E-state index in [0.717, 1.165) is 18.2 Å². The fourth-order valence-corrected chi connectivity index (χ4v) is 1.00. The van der Waals surface area contributed by atoms with Gasteiger partial charge in [0, 0.05) is 13.1 Å². The van der Waals surface area contributed by atoms with E-state index in [4.69, 9.17) is 5.84 Å². The lowest BCUT2D eigenvalue weighted by Gasteiger charge is -2.18. The van der Waals surface area contributed by atoms with E-state index in [0.29, 0.717) is 0 Å². The zero-order chi connectivity index (χ0) is 9.84. The second-order valence-corrected chi connectivity index (χ2v) is 2.66. The number of rotatable bonds is 3. The van der Waals surface area contributed by atoms with Crippen molar-refractivity contribution in [3.63, 3.8) is 0 Å². The summed E-state index contributed by atoms with van der Waals surface area (Å²) in [6.07, 6.45) is 0. The molecule has 0 aliphatic carbocycles. The topological polar surface area (TPSA) is 41.3 Å². The van der Waals surface area contributed by atoms with E-state index in [9.17, 15) is 8.78 Å². The van der Waals surface area contributed by atoms with Crippen LogP contribution in [0.3, 0.4) is 0 Å². The van der Waals surface area contributed by atoms with Crippen LogP contribution in [0.4, 0.5) is 14.5 Å². The Balaban J connectivity index is 2.91. The number of hydrogen-bond donors (Lipinski definition) is 2. The summed E-state index contributed by atoms with van der Waals surface area (Å²) in [4.78, 5) is 1.47. The van der Waals surface area contributed by atoms with Crippen molar-refractivity contribution in [2.75, 3.05) is 18.6 Å². The molecule has 0 radical (unpaired) electrons. The van der Waals surface area contributed by atoms with Gasteiger partial charge in [0.15, 0.2) is 0 Å². The Morgan fingerprint density at radius 2 is 2.15 bits per heavy atom. The summed E-state index contributed by atoms with van der Waals surface area (Å²) in [6.45, 7) is 0.250. The van der Waals surface area contributed by atoms with Crippen molar-refractivity contribution in [3.05, 3.63) is 29.8 Å². The van der Waals surface area contributed by atoms with Crippen molar-refractivity contribution in [2.24, 2.45) is 5.84 Å². The highest BCUT2D eigenvalue weighted by Gasteiger charge is 2.07. The Hall–Kier alpha value is -1.20. The van der Waals surface area contributed by atoms with Crippen molar-refractivity contribution in [2.45, 2.75) is 0 Å². The number of nitrogens with zero attached hydrogens (tertiary/aromatic N) is 1. The number of hydrogen-bond acceptors (Lipinski definition) is 3. The Kier molecular flexibility index (Phi) is 3.16. The van der Waals surface area contributed by atoms with Gasteiger partial charge in [-0.2, -0.15) is 0 Å². The maximum atomic E-state index is 13.1. The molecule has 1 aromatic rings. The molecule has 0 heterocycles. The predicted octanol–water partition coefficient (Wildman–Crippen LogP) is 0.822. The Morgan fingerprint density at radius 3 is 2.77 bits per heavy atom. The minimum absolute atomic E-state index is 0.179. The number of benzene rings is 1. The van der Waals surface area contributed by atoms with Crippen LogP contribution in [0.15, 0.2) is 18.2 Å². The molecule has 5 heteroatoms. The van der Waals surface area contributed by atoms with Gasteiger partial charge >= 0.3 is 0 Å². The van der Waals surface area contributed by atoms with Crippen LogP contribution in [0.2, 0.25) is 0 Å². The fourth-order valence-electron chi connectivity index (χ4n) is 1.00. The molecule has 0 aliphatic heterocycles. The Labute approximate surface area is 75.1 Å². The molecule has 3 nitrogen and oxygen atoms in total. The lowest BCUT2D eigenvalue weighted by atomic mass is 10.3. The van der Waals surface area contributed by atoms with E-state index in [1.54, 1.807) is 7.05 Å². The van der Waals surface area contributed by atoms with E-state index >= 15 is 0 Å². The highest BCUT2D eigenvalue weighted by molar-refractivity contribution is 5.46. The molecule has 0 aromatic heterocycles.